The van der Waals surface area contributed by atoms with Crippen molar-refractivity contribution in [2.75, 3.05) is 0 Å². The van der Waals surface area contributed by atoms with Gasteiger partial charge in [0, 0.05) is 9.85 Å². The van der Waals surface area contributed by atoms with E-state index in [4.69, 9.17) is 11.6 Å². The van der Waals surface area contributed by atoms with Crippen LogP contribution in [-0.4, -0.2) is 4.83 Å². The first-order valence-corrected chi connectivity index (χ1v) is 5.87. The summed E-state index contributed by atoms with van der Waals surface area (Å²) in [5, 5.41) is 0.893. The lowest BCUT2D eigenvalue weighted by atomic mass is 10.1. The highest BCUT2D eigenvalue weighted by Gasteiger charge is 2.00. The predicted molar refractivity (Wildman–Crippen MR) is 62.8 cm³/mol. The molecule has 0 saturated heterocycles. The van der Waals surface area contributed by atoms with E-state index in [9.17, 15) is 0 Å². The van der Waals surface area contributed by atoms with Crippen LogP contribution < -0.4 is 0 Å². The van der Waals surface area contributed by atoms with Crippen LogP contribution in [0.3, 0.4) is 0 Å². The van der Waals surface area contributed by atoms with Gasteiger partial charge < -0.3 is 0 Å². The van der Waals surface area contributed by atoms with Gasteiger partial charge in [0.1, 0.15) is 0 Å². The summed E-state index contributed by atoms with van der Waals surface area (Å²) in [6.07, 6.45) is 3.47. The van der Waals surface area contributed by atoms with E-state index in [2.05, 4.69) is 28.9 Å². The van der Waals surface area contributed by atoms with Crippen LogP contribution >= 0.6 is 27.5 Å². The van der Waals surface area contributed by atoms with Crippen LogP contribution in [-0.2, 0) is 6.42 Å². The van der Waals surface area contributed by atoms with Crippen LogP contribution in [0.1, 0.15) is 25.3 Å². The summed E-state index contributed by atoms with van der Waals surface area (Å²) in [6, 6.07) is 8.06. The third-order valence-corrected chi connectivity index (χ3v) is 2.83. The Kier molecular flexibility index (Phi) is 4.82. The van der Waals surface area contributed by atoms with Crippen molar-refractivity contribution in [2.45, 2.75) is 31.0 Å². The predicted octanol–water partition coefficient (Wildman–Crippen LogP) is 4.45. The smallest absolute Gasteiger partial charge is 0.0437 e. The lowest BCUT2D eigenvalue weighted by Gasteiger charge is -2.04. The van der Waals surface area contributed by atoms with Gasteiger partial charge in [0.05, 0.1) is 0 Å². The molecule has 0 aliphatic carbocycles. The van der Waals surface area contributed by atoms with Gasteiger partial charge >= 0.3 is 0 Å². The maximum atomic E-state index is 6.03. The molecule has 1 rings (SSSR count). The zero-order valence-electron chi connectivity index (χ0n) is 7.76. The van der Waals surface area contributed by atoms with Gasteiger partial charge in [-0.15, -0.1) is 0 Å². The maximum absolute atomic E-state index is 6.03. The molecule has 1 atom stereocenters. The first-order valence-electron chi connectivity index (χ1n) is 4.57. The van der Waals surface area contributed by atoms with Crippen molar-refractivity contribution in [3.05, 3.63) is 34.9 Å². The van der Waals surface area contributed by atoms with E-state index in [0.717, 1.165) is 11.4 Å². The van der Waals surface area contributed by atoms with Crippen molar-refractivity contribution in [1.82, 2.24) is 0 Å². The van der Waals surface area contributed by atoms with Crippen LogP contribution in [0.4, 0.5) is 0 Å². The summed E-state index contributed by atoms with van der Waals surface area (Å²) in [5.74, 6) is 0. The molecule has 0 amide bonds. The largest absolute Gasteiger partial charge is 0.0894 e. The van der Waals surface area contributed by atoms with E-state index in [0.29, 0.717) is 4.83 Å². The maximum Gasteiger partial charge on any atom is 0.0437 e. The SMILES string of the molecule is CC(Br)CCCc1ccccc1Cl. The van der Waals surface area contributed by atoms with E-state index >= 15 is 0 Å². The van der Waals surface area contributed by atoms with Gasteiger partial charge in [0.15, 0.2) is 0 Å². The first kappa shape index (κ1) is 11.1. The fourth-order valence-corrected chi connectivity index (χ4v) is 1.83. The Hall–Kier alpha value is -0.0100. The minimum absolute atomic E-state index is 0.606. The molecule has 2 heteroatoms. The highest BCUT2D eigenvalue weighted by Crippen LogP contribution is 2.18. The molecular formula is C11H14BrCl. The van der Waals surface area contributed by atoms with E-state index < -0.39 is 0 Å². The molecule has 0 aromatic heterocycles. The highest BCUT2D eigenvalue weighted by molar-refractivity contribution is 9.09. The van der Waals surface area contributed by atoms with E-state index in [1.165, 1.54) is 18.4 Å². The number of aryl methyl sites for hydroxylation is 1. The number of hydrogen-bond acceptors (Lipinski definition) is 0. The third-order valence-electron chi connectivity index (χ3n) is 2.01. The number of rotatable bonds is 4. The van der Waals surface area contributed by atoms with Gasteiger partial charge in [-0.1, -0.05) is 52.7 Å². The molecule has 1 unspecified atom stereocenters. The van der Waals surface area contributed by atoms with Gasteiger partial charge in [-0.25, -0.2) is 0 Å². The Bertz CT molecular complexity index is 258. The molecule has 0 aliphatic rings. The summed E-state index contributed by atoms with van der Waals surface area (Å²) in [4.78, 5) is 0.606. The minimum Gasteiger partial charge on any atom is -0.0894 e. The number of benzene rings is 1. The average Bonchev–Trinajstić information content (AvgIpc) is 2.08. The summed E-state index contributed by atoms with van der Waals surface area (Å²) >= 11 is 9.56. The molecule has 0 bridgehead atoms. The van der Waals surface area contributed by atoms with E-state index in [-0.39, 0.29) is 0 Å². The topological polar surface area (TPSA) is 0 Å². The summed E-state index contributed by atoms with van der Waals surface area (Å²) in [6.45, 7) is 2.17. The summed E-state index contributed by atoms with van der Waals surface area (Å²) in [7, 11) is 0. The number of halogens is 2. The molecule has 0 spiro atoms. The van der Waals surface area contributed by atoms with E-state index in [1.54, 1.807) is 0 Å². The van der Waals surface area contributed by atoms with Crippen molar-refractivity contribution < 1.29 is 0 Å². The second kappa shape index (κ2) is 5.66. The van der Waals surface area contributed by atoms with Gasteiger partial charge in [-0.3, -0.25) is 0 Å². The van der Waals surface area contributed by atoms with Crippen LogP contribution in [0.15, 0.2) is 24.3 Å². The van der Waals surface area contributed by atoms with Crippen LogP contribution in [0.5, 0.6) is 0 Å². The summed E-state index contributed by atoms with van der Waals surface area (Å²) < 4.78 is 0. The van der Waals surface area contributed by atoms with Gasteiger partial charge in [-0.2, -0.15) is 0 Å². The first-order chi connectivity index (χ1) is 6.20. The van der Waals surface area contributed by atoms with Crippen LogP contribution in [0.2, 0.25) is 5.02 Å². The van der Waals surface area contributed by atoms with Gasteiger partial charge in [0.25, 0.3) is 0 Å². The second-order valence-corrected chi connectivity index (χ2v) is 5.23. The molecule has 1 aromatic rings. The lowest BCUT2D eigenvalue weighted by Crippen LogP contribution is -1.93. The molecule has 72 valence electrons. The Morgan fingerprint density at radius 2 is 2.08 bits per heavy atom. The van der Waals surface area contributed by atoms with Crippen molar-refractivity contribution in [3.63, 3.8) is 0 Å². The molecule has 0 radical (unpaired) electrons. The zero-order valence-corrected chi connectivity index (χ0v) is 10.1. The lowest BCUT2D eigenvalue weighted by molar-refractivity contribution is 0.736. The fraction of sp³-hybridized carbons (Fsp3) is 0.455. The van der Waals surface area contributed by atoms with Crippen molar-refractivity contribution >= 4 is 27.5 Å². The Morgan fingerprint density at radius 3 is 2.69 bits per heavy atom. The minimum atomic E-state index is 0.606. The molecule has 0 saturated carbocycles. The van der Waals surface area contributed by atoms with Gasteiger partial charge in [-0.05, 0) is 30.9 Å². The Balaban J connectivity index is 2.41. The molecule has 13 heavy (non-hydrogen) atoms. The Morgan fingerprint density at radius 1 is 1.38 bits per heavy atom. The normalized spacial score (nSPS) is 12.8. The van der Waals surface area contributed by atoms with E-state index in [1.807, 2.05) is 18.2 Å². The molecule has 0 heterocycles. The Labute approximate surface area is 93.4 Å². The van der Waals surface area contributed by atoms with Crippen molar-refractivity contribution in [2.24, 2.45) is 0 Å². The standard InChI is InChI=1S/C11H14BrCl/c1-9(12)5-4-7-10-6-2-3-8-11(10)13/h2-3,6,8-9H,4-5,7H2,1H3. The molecule has 0 aliphatic heterocycles. The zero-order chi connectivity index (χ0) is 9.68. The van der Waals surface area contributed by atoms with Crippen molar-refractivity contribution in [3.8, 4) is 0 Å². The molecular weight excluding hydrogens is 247 g/mol. The third kappa shape index (κ3) is 4.15. The number of hydrogen-bond donors (Lipinski definition) is 0. The monoisotopic (exact) mass is 260 g/mol. The van der Waals surface area contributed by atoms with Crippen LogP contribution in [0.25, 0.3) is 0 Å². The fourth-order valence-electron chi connectivity index (χ4n) is 1.27. The quantitative estimate of drug-likeness (QED) is 0.703. The molecule has 0 fully saturated rings. The summed E-state index contributed by atoms with van der Waals surface area (Å²) in [5.41, 5.74) is 1.26. The van der Waals surface area contributed by atoms with Gasteiger partial charge in [0.2, 0.25) is 0 Å². The second-order valence-electron chi connectivity index (χ2n) is 3.26. The highest BCUT2D eigenvalue weighted by atomic mass is 79.9. The van der Waals surface area contributed by atoms with Crippen LogP contribution in [0, 0.1) is 0 Å². The molecule has 0 nitrogen and oxygen atoms in total. The van der Waals surface area contributed by atoms with Crippen molar-refractivity contribution in [1.29, 1.82) is 0 Å². The average molecular weight is 262 g/mol. The molecule has 1 aromatic carbocycles. The molecule has 0 N–H and O–H groups in total. The number of alkyl halides is 1.